The predicted molar refractivity (Wildman–Crippen MR) is 44.2 cm³/mol. The Kier molecular flexibility index (Phi) is 2.34. The van der Waals surface area contributed by atoms with Gasteiger partial charge in [0.25, 0.3) is 5.24 Å². The minimum absolute atomic E-state index is 0.431. The maximum atomic E-state index is 10.6. The molecule has 0 N–H and O–H groups in total. The first-order chi connectivity index (χ1) is 4.63. The van der Waals surface area contributed by atoms with Crippen LogP contribution in [0.4, 0.5) is 0 Å². The maximum Gasteiger partial charge on any atom is 0.263 e. The molecule has 0 saturated heterocycles. The SMILES string of the molecule is Cc1csc(C(=O)Cl)c1Cl. The molecule has 1 aromatic rings. The van der Waals surface area contributed by atoms with E-state index in [-0.39, 0.29) is 0 Å². The van der Waals surface area contributed by atoms with E-state index in [0.717, 1.165) is 5.56 Å². The van der Waals surface area contributed by atoms with Gasteiger partial charge in [0, 0.05) is 0 Å². The van der Waals surface area contributed by atoms with Crippen LogP contribution in [0, 0.1) is 6.92 Å². The fourth-order valence-corrected chi connectivity index (χ4v) is 1.95. The van der Waals surface area contributed by atoms with Gasteiger partial charge < -0.3 is 0 Å². The van der Waals surface area contributed by atoms with Crippen LogP contribution in [0.15, 0.2) is 5.38 Å². The van der Waals surface area contributed by atoms with Crippen LogP contribution in [-0.4, -0.2) is 5.24 Å². The fraction of sp³-hybridized carbons (Fsp3) is 0.167. The van der Waals surface area contributed by atoms with E-state index in [1.165, 1.54) is 11.3 Å². The zero-order valence-electron chi connectivity index (χ0n) is 5.15. The number of carbonyl (C=O) groups excluding carboxylic acids is 1. The average Bonchev–Trinajstić information content (AvgIpc) is 2.14. The molecule has 4 heteroatoms. The summed E-state index contributed by atoms with van der Waals surface area (Å²) in [6, 6.07) is 0. The highest BCUT2D eigenvalue weighted by Crippen LogP contribution is 2.28. The van der Waals surface area contributed by atoms with Crippen LogP contribution < -0.4 is 0 Å². The largest absolute Gasteiger partial charge is 0.275 e. The smallest absolute Gasteiger partial charge is 0.263 e. The second kappa shape index (κ2) is 2.91. The molecule has 1 heterocycles. The van der Waals surface area contributed by atoms with Gasteiger partial charge in [-0.05, 0) is 29.5 Å². The minimum Gasteiger partial charge on any atom is -0.275 e. The van der Waals surface area contributed by atoms with Crippen LogP contribution in [-0.2, 0) is 0 Å². The molecule has 0 aliphatic rings. The van der Waals surface area contributed by atoms with Crippen molar-refractivity contribution in [1.82, 2.24) is 0 Å². The average molecular weight is 195 g/mol. The molecule has 54 valence electrons. The molecule has 0 atom stereocenters. The third-order valence-corrected chi connectivity index (χ3v) is 3.07. The lowest BCUT2D eigenvalue weighted by molar-refractivity contribution is 0.108. The molecule has 0 amide bonds. The van der Waals surface area contributed by atoms with Crippen molar-refractivity contribution in [3.05, 3.63) is 20.8 Å². The Balaban J connectivity index is 3.17. The molecule has 0 radical (unpaired) electrons. The highest BCUT2D eigenvalue weighted by atomic mass is 35.5. The molecular weight excluding hydrogens is 191 g/mol. The lowest BCUT2D eigenvalue weighted by Crippen LogP contribution is -1.82. The molecule has 1 nitrogen and oxygen atoms in total. The van der Waals surface area contributed by atoms with Crippen LogP contribution in [0.5, 0.6) is 0 Å². The van der Waals surface area contributed by atoms with Gasteiger partial charge >= 0.3 is 0 Å². The van der Waals surface area contributed by atoms with Crippen LogP contribution in [0.1, 0.15) is 15.2 Å². The van der Waals surface area contributed by atoms with Crippen molar-refractivity contribution in [3.8, 4) is 0 Å². The highest BCUT2D eigenvalue weighted by Gasteiger charge is 2.11. The Hall–Kier alpha value is -0.0500. The summed E-state index contributed by atoms with van der Waals surface area (Å²) in [5, 5.41) is 1.80. The lowest BCUT2D eigenvalue weighted by atomic mass is 10.3. The van der Waals surface area contributed by atoms with Crippen LogP contribution >= 0.6 is 34.5 Å². The van der Waals surface area contributed by atoms with Crippen molar-refractivity contribution in [3.63, 3.8) is 0 Å². The van der Waals surface area contributed by atoms with E-state index in [1.807, 2.05) is 6.92 Å². The summed E-state index contributed by atoms with van der Waals surface area (Å²) < 4.78 is 0. The molecule has 0 saturated carbocycles. The molecule has 0 fully saturated rings. The number of carbonyl (C=O) groups is 1. The first kappa shape index (κ1) is 8.05. The summed E-state index contributed by atoms with van der Waals surface area (Å²) in [5.74, 6) is 0. The molecule has 0 aliphatic heterocycles. The summed E-state index contributed by atoms with van der Waals surface area (Å²) in [7, 11) is 0. The standard InChI is InChI=1S/C6H4Cl2OS/c1-3-2-10-5(4(3)7)6(8)9/h2H,1H3. The van der Waals surface area contributed by atoms with Gasteiger partial charge in [-0.15, -0.1) is 11.3 Å². The molecule has 1 rings (SSSR count). The summed E-state index contributed by atoms with van der Waals surface area (Å²) in [6.07, 6.45) is 0. The van der Waals surface area contributed by atoms with E-state index in [9.17, 15) is 4.79 Å². The summed E-state index contributed by atoms with van der Waals surface area (Å²) in [6.45, 7) is 1.84. The van der Waals surface area contributed by atoms with E-state index in [1.54, 1.807) is 5.38 Å². The van der Waals surface area contributed by atoms with Gasteiger partial charge in [-0.1, -0.05) is 11.6 Å². The number of hydrogen-bond donors (Lipinski definition) is 0. The van der Waals surface area contributed by atoms with Gasteiger partial charge in [-0.3, -0.25) is 4.79 Å². The third-order valence-electron chi connectivity index (χ3n) is 1.08. The normalized spacial score (nSPS) is 9.90. The van der Waals surface area contributed by atoms with Crippen molar-refractivity contribution in [1.29, 1.82) is 0 Å². The Morgan fingerprint density at radius 1 is 1.70 bits per heavy atom. The second-order valence-electron chi connectivity index (χ2n) is 1.84. The Bertz CT molecular complexity index is 267. The quantitative estimate of drug-likeness (QED) is 0.629. The van der Waals surface area contributed by atoms with E-state index in [2.05, 4.69) is 0 Å². The monoisotopic (exact) mass is 194 g/mol. The predicted octanol–water partition coefficient (Wildman–Crippen LogP) is 3.09. The number of aryl methyl sites for hydroxylation is 1. The fourth-order valence-electron chi connectivity index (χ4n) is 0.562. The van der Waals surface area contributed by atoms with Gasteiger partial charge in [0.15, 0.2) is 0 Å². The molecule has 1 aromatic heterocycles. The van der Waals surface area contributed by atoms with Gasteiger partial charge in [0.2, 0.25) is 0 Å². The minimum atomic E-state index is -0.483. The van der Waals surface area contributed by atoms with Crippen LogP contribution in [0.25, 0.3) is 0 Å². The maximum absolute atomic E-state index is 10.6. The number of rotatable bonds is 1. The molecule has 0 spiro atoms. The van der Waals surface area contributed by atoms with E-state index >= 15 is 0 Å². The van der Waals surface area contributed by atoms with Crippen molar-refractivity contribution in [2.24, 2.45) is 0 Å². The van der Waals surface area contributed by atoms with E-state index < -0.39 is 5.24 Å². The van der Waals surface area contributed by atoms with Gasteiger partial charge in [-0.2, -0.15) is 0 Å². The zero-order chi connectivity index (χ0) is 7.72. The van der Waals surface area contributed by atoms with Crippen molar-refractivity contribution >= 4 is 39.8 Å². The third kappa shape index (κ3) is 1.34. The Labute approximate surface area is 72.6 Å². The van der Waals surface area contributed by atoms with Gasteiger partial charge in [0.1, 0.15) is 4.88 Å². The second-order valence-corrected chi connectivity index (χ2v) is 3.44. The van der Waals surface area contributed by atoms with Crippen molar-refractivity contribution in [2.75, 3.05) is 0 Å². The van der Waals surface area contributed by atoms with E-state index in [4.69, 9.17) is 23.2 Å². The number of halogens is 2. The summed E-state index contributed by atoms with van der Waals surface area (Å²) >= 11 is 12.2. The summed E-state index contributed by atoms with van der Waals surface area (Å²) in [5.41, 5.74) is 0.899. The van der Waals surface area contributed by atoms with Gasteiger partial charge in [-0.25, -0.2) is 0 Å². The summed E-state index contributed by atoms with van der Waals surface area (Å²) in [4.78, 5) is 11.0. The first-order valence-corrected chi connectivity index (χ1v) is 4.20. The van der Waals surface area contributed by atoms with Crippen molar-refractivity contribution < 1.29 is 4.79 Å². The van der Waals surface area contributed by atoms with E-state index in [0.29, 0.717) is 9.90 Å². The molecule has 0 aliphatic carbocycles. The number of thiophene rings is 1. The number of hydrogen-bond acceptors (Lipinski definition) is 2. The van der Waals surface area contributed by atoms with Crippen LogP contribution in [0.2, 0.25) is 5.02 Å². The van der Waals surface area contributed by atoms with Crippen molar-refractivity contribution in [2.45, 2.75) is 6.92 Å². The zero-order valence-corrected chi connectivity index (χ0v) is 7.48. The molecular formula is C6H4Cl2OS. The highest BCUT2D eigenvalue weighted by molar-refractivity contribution is 7.14. The first-order valence-electron chi connectivity index (χ1n) is 2.56. The molecule has 0 bridgehead atoms. The topological polar surface area (TPSA) is 17.1 Å². The Morgan fingerprint density at radius 2 is 2.30 bits per heavy atom. The Morgan fingerprint density at radius 3 is 2.50 bits per heavy atom. The van der Waals surface area contributed by atoms with Gasteiger partial charge in [0.05, 0.1) is 5.02 Å². The molecule has 0 unspecified atom stereocenters. The molecule has 10 heavy (non-hydrogen) atoms. The van der Waals surface area contributed by atoms with Crippen LogP contribution in [0.3, 0.4) is 0 Å². The molecule has 0 aromatic carbocycles. The lowest BCUT2D eigenvalue weighted by Gasteiger charge is -1.86.